The van der Waals surface area contributed by atoms with Crippen LogP contribution in [0.4, 0.5) is 0 Å². The Hall–Kier alpha value is -1.00. The highest BCUT2D eigenvalue weighted by atomic mass is 32.2. The largest absolute Gasteiger partial charge is 0.277 e. The highest BCUT2D eigenvalue weighted by molar-refractivity contribution is 7.89. The van der Waals surface area contributed by atoms with Crippen LogP contribution in [-0.2, 0) is 26.7 Å². The number of rotatable bonds is 9. The van der Waals surface area contributed by atoms with Gasteiger partial charge in [-0.2, -0.15) is 13.1 Å². The average molecular weight is 376 g/mol. The van der Waals surface area contributed by atoms with E-state index in [0.29, 0.717) is 13.0 Å². The van der Waals surface area contributed by atoms with Crippen LogP contribution in [0.3, 0.4) is 0 Å². The van der Waals surface area contributed by atoms with Crippen LogP contribution in [0.15, 0.2) is 29.2 Å². The van der Waals surface area contributed by atoms with E-state index < -0.39 is 20.2 Å². The van der Waals surface area contributed by atoms with E-state index in [1.54, 1.807) is 19.1 Å². The van der Waals surface area contributed by atoms with E-state index in [1.807, 2.05) is 0 Å². The Bertz CT molecular complexity index is 724. The molecular weight excluding hydrogens is 350 g/mol. The molecule has 24 heavy (non-hydrogen) atoms. The summed E-state index contributed by atoms with van der Waals surface area (Å²) in [6, 6.07) is 6.49. The molecule has 7 nitrogen and oxygen atoms in total. The summed E-state index contributed by atoms with van der Waals surface area (Å²) in [6.07, 6.45) is 4.41. The number of nitrogens with one attached hydrogen (secondary N) is 3. The van der Waals surface area contributed by atoms with Crippen molar-refractivity contribution >= 4 is 20.2 Å². The molecule has 0 radical (unpaired) electrons. The van der Waals surface area contributed by atoms with Crippen LogP contribution in [0.1, 0.15) is 38.2 Å². The van der Waals surface area contributed by atoms with Crippen molar-refractivity contribution in [2.24, 2.45) is 0 Å². The lowest BCUT2D eigenvalue weighted by atomic mass is 10.2. The summed E-state index contributed by atoms with van der Waals surface area (Å²) in [6.45, 7) is 2.32. The van der Waals surface area contributed by atoms with E-state index >= 15 is 0 Å². The fourth-order valence-electron chi connectivity index (χ4n) is 2.74. The van der Waals surface area contributed by atoms with E-state index in [9.17, 15) is 16.8 Å². The van der Waals surface area contributed by atoms with Gasteiger partial charge in [0.2, 0.25) is 10.0 Å². The van der Waals surface area contributed by atoms with Crippen LogP contribution >= 0.6 is 0 Å². The number of hydrogen-bond donors (Lipinski definition) is 3. The van der Waals surface area contributed by atoms with Gasteiger partial charge in [-0.15, -0.1) is 0 Å². The lowest BCUT2D eigenvalue weighted by molar-refractivity contribution is 0.539. The van der Waals surface area contributed by atoms with Crippen LogP contribution in [0.2, 0.25) is 0 Å². The smallest absolute Gasteiger partial charge is 0.211 e. The zero-order valence-electron chi connectivity index (χ0n) is 13.8. The molecule has 1 saturated carbocycles. The second kappa shape index (κ2) is 8.39. The van der Waals surface area contributed by atoms with Crippen LogP contribution in [-0.4, -0.2) is 36.0 Å². The Kier molecular flexibility index (Phi) is 6.76. The monoisotopic (exact) mass is 375 g/mol. The molecule has 0 amide bonds. The van der Waals surface area contributed by atoms with E-state index in [2.05, 4.69) is 14.2 Å². The summed E-state index contributed by atoms with van der Waals surface area (Å²) in [5.41, 5.74) is 0.869. The third-order valence-electron chi connectivity index (χ3n) is 3.95. The SMILES string of the molecule is CCNS(=O)(=O)c1ccc(CCNS(=O)(=O)NC2CCCC2)cc1. The van der Waals surface area contributed by atoms with Crippen molar-refractivity contribution in [1.29, 1.82) is 0 Å². The second-order valence-electron chi connectivity index (χ2n) is 5.89. The van der Waals surface area contributed by atoms with Crippen molar-refractivity contribution in [2.45, 2.75) is 50.0 Å². The minimum absolute atomic E-state index is 0.0399. The molecule has 1 aromatic rings. The van der Waals surface area contributed by atoms with Crippen LogP contribution in [0, 0.1) is 0 Å². The topological polar surface area (TPSA) is 104 Å². The quantitative estimate of drug-likeness (QED) is 0.596. The summed E-state index contributed by atoms with van der Waals surface area (Å²) in [5.74, 6) is 0. The van der Waals surface area contributed by atoms with Gasteiger partial charge in [0.1, 0.15) is 0 Å². The normalized spacial score (nSPS) is 16.5. The van der Waals surface area contributed by atoms with Crippen LogP contribution in [0.25, 0.3) is 0 Å². The molecule has 0 aromatic heterocycles. The van der Waals surface area contributed by atoms with E-state index in [0.717, 1.165) is 31.2 Å². The van der Waals surface area contributed by atoms with Gasteiger partial charge in [0.05, 0.1) is 4.90 Å². The van der Waals surface area contributed by atoms with Crippen LogP contribution in [0.5, 0.6) is 0 Å². The highest BCUT2D eigenvalue weighted by Crippen LogP contribution is 2.18. The zero-order valence-corrected chi connectivity index (χ0v) is 15.4. The molecule has 1 fully saturated rings. The molecule has 3 N–H and O–H groups in total. The molecule has 0 atom stereocenters. The molecule has 0 heterocycles. The van der Waals surface area contributed by atoms with Gasteiger partial charge in [0.15, 0.2) is 0 Å². The highest BCUT2D eigenvalue weighted by Gasteiger charge is 2.20. The maximum Gasteiger partial charge on any atom is 0.277 e. The number of sulfonamides is 1. The van der Waals surface area contributed by atoms with Gasteiger partial charge < -0.3 is 0 Å². The van der Waals surface area contributed by atoms with Gasteiger partial charge in [-0.3, -0.25) is 0 Å². The first-order chi connectivity index (χ1) is 11.3. The van der Waals surface area contributed by atoms with Crippen LogP contribution < -0.4 is 14.2 Å². The summed E-state index contributed by atoms with van der Waals surface area (Å²) < 4.78 is 55.1. The maximum absolute atomic E-state index is 11.9. The predicted molar refractivity (Wildman–Crippen MR) is 93.3 cm³/mol. The second-order valence-corrected chi connectivity index (χ2v) is 9.19. The Balaban J connectivity index is 1.84. The molecule has 9 heteroatoms. The van der Waals surface area contributed by atoms with Gasteiger partial charge in [-0.25, -0.2) is 17.9 Å². The first-order valence-electron chi connectivity index (χ1n) is 8.18. The van der Waals surface area contributed by atoms with Gasteiger partial charge >= 0.3 is 0 Å². The molecule has 136 valence electrons. The van der Waals surface area contributed by atoms with Crippen molar-refractivity contribution in [1.82, 2.24) is 14.2 Å². The third kappa shape index (κ3) is 5.82. The van der Waals surface area contributed by atoms with E-state index in [-0.39, 0.29) is 17.5 Å². The van der Waals surface area contributed by atoms with Crippen molar-refractivity contribution in [2.75, 3.05) is 13.1 Å². The predicted octanol–water partition coefficient (Wildman–Crippen LogP) is 0.894. The van der Waals surface area contributed by atoms with Gasteiger partial charge in [0, 0.05) is 19.1 Å². The molecule has 1 aromatic carbocycles. The number of hydrogen-bond acceptors (Lipinski definition) is 4. The molecule has 0 aliphatic heterocycles. The van der Waals surface area contributed by atoms with Crippen molar-refractivity contribution in [3.63, 3.8) is 0 Å². The average Bonchev–Trinajstić information content (AvgIpc) is 2.99. The number of benzene rings is 1. The minimum atomic E-state index is -3.48. The first kappa shape index (κ1) is 19.3. The maximum atomic E-state index is 11.9. The van der Waals surface area contributed by atoms with Crippen molar-refractivity contribution in [3.05, 3.63) is 29.8 Å². The van der Waals surface area contributed by atoms with Gasteiger partial charge in [0.25, 0.3) is 10.2 Å². The molecule has 1 aliphatic carbocycles. The standard InChI is InChI=1S/C15H25N3O4S2/c1-2-16-23(19,20)15-9-7-13(8-10-15)11-12-17-24(21,22)18-14-5-3-4-6-14/h7-10,14,16-18H,2-6,11-12H2,1H3. The molecular formula is C15H25N3O4S2. The molecule has 0 unspecified atom stereocenters. The Morgan fingerprint density at radius 2 is 1.62 bits per heavy atom. The molecule has 0 bridgehead atoms. The van der Waals surface area contributed by atoms with E-state index in [4.69, 9.17) is 0 Å². The van der Waals surface area contributed by atoms with Gasteiger partial charge in [-0.05, 0) is 37.0 Å². The summed E-state index contributed by atoms with van der Waals surface area (Å²) in [4.78, 5) is 0.205. The van der Waals surface area contributed by atoms with Gasteiger partial charge in [-0.1, -0.05) is 31.9 Å². The Morgan fingerprint density at radius 3 is 2.21 bits per heavy atom. The third-order valence-corrected chi connectivity index (χ3v) is 6.74. The molecule has 2 rings (SSSR count). The molecule has 0 saturated heterocycles. The fourth-order valence-corrected chi connectivity index (χ4v) is 4.91. The fraction of sp³-hybridized carbons (Fsp3) is 0.600. The zero-order chi connectivity index (χ0) is 17.6. The van der Waals surface area contributed by atoms with E-state index in [1.165, 1.54) is 12.1 Å². The molecule has 0 spiro atoms. The minimum Gasteiger partial charge on any atom is -0.211 e. The summed E-state index contributed by atoms with van der Waals surface area (Å²) in [5, 5.41) is 0. The Labute approximate surface area is 144 Å². The lowest BCUT2D eigenvalue weighted by Crippen LogP contribution is -2.42. The lowest BCUT2D eigenvalue weighted by Gasteiger charge is -2.13. The molecule has 1 aliphatic rings. The first-order valence-corrected chi connectivity index (χ1v) is 11.1. The summed E-state index contributed by atoms with van der Waals surface area (Å²) in [7, 11) is -6.94. The van der Waals surface area contributed by atoms with Crippen molar-refractivity contribution in [3.8, 4) is 0 Å². The summed E-state index contributed by atoms with van der Waals surface area (Å²) >= 11 is 0. The Morgan fingerprint density at radius 1 is 1.00 bits per heavy atom. The van der Waals surface area contributed by atoms with Crippen molar-refractivity contribution < 1.29 is 16.8 Å².